The molecule has 0 unspecified atom stereocenters. The predicted octanol–water partition coefficient (Wildman–Crippen LogP) is 2.54. The lowest BCUT2D eigenvalue weighted by Crippen LogP contribution is -2.47. The summed E-state index contributed by atoms with van der Waals surface area (Å²) < 4.78 is 1.45. The van der Waals surface area contributed by atoms with Crippen LogP contribution in [0.5, 0.6) is 0 Å². The van der Waals surface area contributed by atoms with Crippen LogP contribution in [0.2, 0.25) is 0 Å². The van der Waals surface area contributed by atoms with Crippen molar-refractivity contribution in [2.75, 3.05) is 0 Å². The van der Waals surface area contributed by atoms with E-state index in [1.807, 2.05) is 24.3 Å². The van der Waals surface area contributed by atoms with Crippen LogP contribution in [0, 0.1) is 28.6 Å². The van der Waals surface area contributed by atoms with Crippen LogP contribution in [0.4, 0.5) is 0 Å². The molecule has 0 atom stereocenters. The number of nitrogens with zero attached hydrogens (tertiary/aromatic N) is 8. The molecule has 0 saturated heterocycles. The van der Waals surface area contributed by atoms with Crippen LogP contribution in [-0.2, 0) is 12.6 Å². The van der Waals surface area contributed by atoms with E-state index in [1.54, 1.807) is 30.4 Å². The van der Waals surface area contributed by atoms with Crippen LogP contribution in [0.1, 0.15) is 29.8 Å². The van der Waals surface area contributed by atoms with Gasteiger partial charge in [-0.1, -0.05) is 6.07 Å². The van der Waals surface area contributed by atoms with Crippen LogP contribution in [-0.4, -0.2) is 35.7 Å². The monoisotopic (exact) mass is 437 g/mol. The van der Waals surface area contributed by atoms with Crippen molar-refractivity contribution in [2.24, 2.45) is 18.7 Å². The molecule has 0 spiro atoms. The summed E-state index contributed by atoms with van der Waals surface area (Å²) in [6.07, 6.45) is 6.28. The Balaban J connectivity index is 1.65. The number of aromatic nitrogens is 6. The van der Waals surface area contributed by atoms with E-state index in [4.69, 9.17) is 10.8 Å². The summed E-state index contributed by atoms with van der Waals surface area (Å²) in [6.45, 7) is 0. The summed E-state index contributed by atoms with van der Waals surface area (Å²) in [6, 6.07) is 12.0. The van der Waals surface area contributed by atoms with Crippen molar-refractivity contribution in [2.45, 2.75) is 24.8 Å². The van der Waals surface area contributed by atoms with Gasteiger partial charge in [0.1, 0.15) is 11.4 Å². The Morgan fingerprint density at radius 1 is 1.24 bits per heavy atom. The summed E-state index contributed by atoms with van der Waals surface area (Å²) >= 11 is 0. The number of benzene rings is 1. The lowest BCUT2D eigenvalue weighted by Gasteiger charge is -2.42. The minimum atomic E-state index is -0.575. The molecule has 1 aromatic carbocycles. The van der Waals surface area contributed by atoms with E-state index in [2.05, 4.69) is 27.3 Å². The molecule has 1 saturated carbocycles. The first-order valence-corrected chi connectivity index (χ1v) is 10.4. The molecule has 5 rings (SSSR count). The van der Waals surface area contributed by atoms with Crippen molar-refractivity contribution < 1.29 is 4.79 Å². The number of nitrogens with two attached hydrogens (primary N) is 1. The number of fused-ring (bicyclic) bond motifs is 1. The molecule has 1 amide bonds. The topological polar surface area (TPSA) is 152 Å². The highest BCUT2D eigenvalue weighted by atomic mass is 16.1. The molecule has 1 aliphatic carbocycles. The van der Waals surface area contributed by atoms with E-state index in [0.29, 0.717) is 29.8 Å². The normalized spacial score (nSPS) is 19.5. The molecule has 33 heavy (non-hydrogen) atoms. The summed E-state index contributed by atoms with van der Waals surface area (Å²) in [4.78, 5) is 18.1. The summed E-state index contributed by atoms with van der Waals surface area (Å²) in [5, 5.41) is 32.8. The van der Waals surface area contributed by atoms with Gasteiger partial charge >= 0.3 is 0 Å². The maximum absolute atomic E-state index is 12.0. The molecule has 4 aromatic rings. The highest BCUT2D eigenvalue weighted by molar-refractivity contribution is 6.02. The number of carbonyl (C=O) groups is 1. The lowest BCUT2D eigenvalue weighted by molar-refractivity contribution is 0.0713. The van der Waals surface area contributed by atoms with E-state index in [1.165, 1.54) is 4.68 Å². The average Bonchev–Trinajstić information content (AvgIpc) is 3.42. The Morgan fingerprint density at radius 3 is 2.79 bits per heavy atom. The molecule has 3 aromatic heterocycles. The maximum Gasteiger partial charge on any atom is 0.267 e. The maximum atomic E-state index is 12.0. The zero-order valence-corrected chi connectivity index (χ0v) is 17.8. The average molecular weight is 437 g/mol. The molecule has 162 valence electrons. The first kappa shape index (κ1) is 20.3. The second kappa shape index (κ2) is 7.53. The number of nitriles is 2. The number of rotatable bonds is 5. The third kappa shape index (κ3) is 3.20. The van der Waals surface area contributed by atoms with Crippen LogP contribution in [0.25, 0.3) is 33.3 Å². The van der Waals surface area contributed by atoms with Crippen molar-refractivity contribution in [1.82, 2.24) is 29.8 Å². The van der Waals surface area contributed by atoms with Crippen LogP contribution in [0.3, 0.4) is 0 Å². The van der Waals surface area contributed by atoms with Gasteiger partial charge in [0.2, 0.25) is 0 Å². The molecule has 3 heterocycles. The SMILES string of the molecule is Cn1ncc(-c2cc(-c3cnn([C@]4(CC#N)C[C@H](C#N)C4)n3)c3cccnc3c2)c1C(N)=O. The third-order valence-corrected chi connectivity index (χ3v) is 6.24. The van der Waals surface area contributed by atoms with E-state index in [0.717, 1.165) is 22.0 Å². The summed E-state index contributed by atoms with van der Waals surface area (Å²) in [5.41, 5.74) is 8.76. The zero-order chi connectivity index (χ0) is 23.2. The quantitative estimate of drug-likeness (QED) is 0.503. The Bertz CT molecular complexity index is 1480. The number of carbonyl (C=O) groups excluding carboxylic acids is 1. The van der Waals surface area contributed by atoms with Gasteiger partial charge in [-0.25, -0.2) is 0 Å². The number of primary amides is 1. The molecular weight excluding hydrogens is 418 g/mol. The molecule has 10 nitrogen and oxygen atoms in total. The second-order valence-corrected chi connectivity index (χ2v) is 8.30. The van der Waals surface area contributed by atoms with Crippen LogP contribution in [0.15, 0.2) is 42.9 Å². The summed E-state index contributed by atoms with van der Waals surface area (Å²) in [5.74, 6) is -0.673. The Kier molecular flexibility index (Phi) is 4.64. The van der Waals surface area contributed by atoms with Crippen molar-refractivity contribution in [3.8, 4) is 34.5 Å². The third-order valence-electron chi connectivity index (χ3n) is 6.24. The summed E-state index contributed by atoms with van der Waals surface area (Å²) in [7, 11) is 1.66. The van der Waals surface area contributed by atoms with Gasteiger partial charge in [-0.05, 0) is 36.6 Å². The fraction of sp³-hybridized carbons (Fsp3) is 0.261. The number of aryl methyl sites for hydroxylation is 1. The molecular formula is C23H19N9O. The Hall–Kier alpha value is -4.57. The van der Waals surface area contributed by atoms with Crippen molar-refractivity contribution in [3.05, 3.63) is 48.5 Å². The fourth-order valence-electron chi connectivity index (χ4n) is 4.58. The largest absolute Gasteiger partial charge is 0.364 e. The highest BCUT2D eigenvalue weighted by Gasteiger charge is 2.48. The van der Waals surface area contributed by atoms with E-state index < -0.39 is 11.4 Å². The van der Waals surface area contributed by atoms with E-state index in [9.17, 15) is 15.3 Å². The van der Waals surface area contributed by atoms with Gasteiger partial charge in [0, 0.05) is 29.8 Å². The number of pyridine rings is 1. The lowest BCUT2D eigenvalue weighted by atomic mass is 9.68. The van der Waals surface area contributed by atoms with Crippen LogP contribution >= 0.6 is 0 Å². The second-order valence-electron chi connectivity index (χ2n) is 8.30. The molecule has 10 heteroatoms. The molecule has 0 aliphatic heterocycles. The van der Waals surface area contributed by atoms with Gasteiger partial charge in [0.05, 0.1) is 47.9 Å². The van der Waals surface area contributed by atoms with Crippen molar-refractivity contribution in [1.29, 1.82) is 10.5 Å². The van der Waals surface area contributed by atoms with E-state index >= 15 is 0 Å². The van der Waals surface area contributed by atoms with E-state index in [-0.39, 0.29) is 12.3 Å². The molecule has 0 bridgehead atoms. The number of amides is 1. The minimum Gasteiger partial charge on any atom is -0.364 e. The van der Waals surface area contributed by atoms with Gasteiger partial charge in [-0.2, -0.15) is 30.6 Å². The zero-order valence-electron chi connectivity index (χ0n) is 17.8. The van der Waals surface area contributed by atoms with Crippen LogP contribution < -0.4 is 5.73 Å². The van der Waals surface area contributed by atoms with Crippen molar-refractivity contribution in [3.63, 3.8) is 0 Å². The molecule has 1 aliphatic rings. The molecule has 1 fully saturated rings. The molecule has 2 N–H and O–H groups in total. The minimum absolute atomic E-state index is 0.0982. The first-order valence-electron chi connectivity index (χ1n) is 10.4. The van der Waals surface area contributed by atoms with Gasteiger partial charge in [-0.3, -0.25) is 14.5 Å². The number of hydrogen-bond donors (Lipinski definition) is 1. The van der Waals surface area contributed by atoms with Crippen molar-refractivity contribution >= 4 is 16.8 Å². The van der Waals surface area contributed by atoms with Gasteiger partial charge in [0.15, 0.2) is 0 Å². The number of hydrogen-bond acceptors (Lipinski definition) is 7. The Morgan fingerprint density at radius 2 is 2.06 bits per heavy atom. The van der Waals surface area contributed by atoms with Gasteiger partial charge in [0.25, 0.3) is 5.91 Å². The highest BCUT2D eigenvalue weighted by Crippen LogP contribution is 2.45. The van der Waals surface area contributed by atoms with Gasteiger partial charge < -0.3 is 5.73 Å². The first-order chi connectivity index (χ1) is 16.0. The smallest absolute Gasteiger partial charge is 0.267 e. The van der Waals surface area contributed by atoms with Gasteiger partial charge in [-0.15, -0.1) is 0 Å². The molecule has 0 radical (unpaired) electrons. The predicted molar refractivity (Wildman–Crippen MR) is 118 cm³/mol. The Labute approximate surface area is 188 Å². The standard InChI is InChI=1S/C23H19N9O/c1-31-21(22(26)33)18(12-28-31)15-7-17(16-3-2-6-27-19(16)8-15)20-13-29-32(30-20)23(4-5-24)9-14(10-23)11-25/h2-3,6-8,12-14H,4,9-10H2,1H3,(H2,26,33)/t14-,23+. The fourth-order valence-corrected chi connectivity index (χ4v) is 4.58.